The molecule has 2 N–H and O–H groups in total. The Morgan fingerprint density at radius 3 is 2.90 bits per heavy atom. The lowest BCUT2D eigenvalue weighted by atomic mass is 10.1. The molecule has 20 heavy (non-hydrogen) atoms. The van der Waals surface area contributed by atoms with Gasteiger partial charge in [-0.15, -0.1) is 8.58 Å². The molecule has 1 rings (SSSR count). The SMILES string of the molecule is CPCCC(C)NC(=O)C1CCCN1C(=O)CNC=O. The fourth-order valence-electron chi connectivity index (χ4n) is 2.34. The van der Waals surface area contributed by atoms with Crippen molar-refractivity contribution in [3.05, 3.63) is 0 Å². The molecule has 0 aromatic carbocycles. The molecule has 1 aliphatic heterocycles. The van der Waals surface area contributed by atoms with Crippen molar-refractivity contribution in [2.75, 3.05) is 25.9 Å². The highest BCUT2D eigenvalue weighted by Crippen LogP contribution is 2.18. The van der Waals surface area contributed by atoms with Crippen LogP contribution in [0.3, 0.4) is 0 Å². The van der Waals surface area contributed by atoms with Crippen LogP contribution in [-0.4, -0.2) is 61.1 Å². The van der Waals surface area contributed by atoms with Gasteiger partial charge in [0.25, 0.3) is 0 Å². The summed E-state index contributed by atoms with van der Waals surface area (Å²) in [5.74, 6) is -0.272. The van der Waals surface area contributed by atoms with E-state index < -0.39 is 0 Å². The topological polar surface area (TPSA) is 78.5 Å². The zero-order chi connectivity index (χ0) is 15.0. The van der Waals surface area contributed by atoms with Gasteiger partial charge in [-0.1, -0.05) is 0 Å². The van der Waals surface area contributed by atoms with Crippen LogP contribution in [0.5, 0.6) is 0 Å². The highest BCUT2D eigenvalue weighted by atomic mass is 31.1. The summed E-state index contributed by atoms with van der Waals surface area (Å²) in [5, 5.41) is 5.33. The minimum absolute atomic E-state index is 0.0419. The lowest BCUT2D eigenvalue weighted by Crippen LogP contribution is -2.50. The first kappa shape index (κ1) is 16.9. The maximum atomic E-state index is 12.2. The number of amides is 3. The Morgan fingerprint density at radius 2 is 2.25 bits per heavy atom. The van der Waals surface area contributed by atoms with Gasteiger partial charge >= 0.3 is 0 Å². The Morgan fingerprint density at radius 1 is 1.50 bits per heavy atom. The number of likely N-dealkylation sites (tertiary alicyclic amines) is 1. The van der Waals surface area contributed by atoms with Crippen molar-refractivity contribution in [1.29, 1.82) is 0 Å². The van der Waals surface area contributed by atoms with E-state index >= 15 is 0 Å². The molecule has 0 radical (unpaired) electrons. The van der Waals surface area contributed by atoms with E-state index in [0.717, 1.165) is 27.6 Å². The molecule has 3 atom stereocenters. The van der Waals surface area contributed by atoms with Gasteiger partial charge in [0.1, 0.15) is 6.04 Å². The second-order valence-electron chi connectivity index (χ2n) is 5.05. The van der Waals surface area contributed by atoms with Crippen LogP contribution >= 0.6 is 8.58 Å². The van der Waals surface area contributed by atoms with Crippen molar-refractivity contribution < 1.29 is 14.4 Å². The average Bonchev–Trinajstić information content (AvgIpc) is 2.91. The van der Waals surface area contributed by atoms with Crippen molar-refractivity contribution >= 4 is 26.8 Å². The van der Waals surface area contributed by atoms with Crippen LogP contribution in [0.4, 0.5) is 0 Å². The molecule has 7 heteroatoms. The third-order valence-electron chi connectivity index (χ3n) is 3.43. The van der Waals surface area contributed by atoms with Gasteiger partial charge in [-0.3, -0.25) is 14.4 Å². The first-order valence-electron chi connectivity index (χ1n) is 7.01. The number of hydrogen-bond donors (Lipinski definition) is 2. The molecular weight excluding hydrogens is 277 g/mol. The number of nitrogens with zero attached hydrogens (tertiary/aromatic N) is 1. The predicted octanol–water partition coefficient (Wildman–Crippen LogP) is -0.0735. The van der Waals surface area contributed by atoms with Gasteiger partial charge in [0.05, 0.1) is 6.54 Å². The van der Waals surface area contributed by atoms with Gasteiger partial charge in [0.15, 0.2) is 0 Å². The molecule has 0 saturated carbocycles. The lowest BCUT2D eigenvalue weighted by Gasteiger charge is -2.25. The van der Waals surface area contributed by atoms with Gasteiger partial charge in [-0.25, -0.2) is 0 Å². The molecule has 1 fully saturated rings. The molecule has 0 aromatic rings. The zero-order valence-electron chi connectivity index (χ0n) is 12.1. The van der Waals surface area contributed by atoms with Crippen LogP contribution in [-0.2, 0) is 14.4 Å². The van der Waals surface area contributed by atoms with E-state index in [1.807, 2.05) is 6.92 Å². The summed E-state index contributed by atoms with van der Waals surface area (Å²) in [4.78, 5) is 35.9. The Hall–Kier alpha value is -1.16. The second kappa shape index (κ2) is 8.90. The van der Waals surface area contributed by atoms with E-state index in [9.17, 15) is 14.4 Å². The first-order chi connectivity index (χ1) is 9.60. The van der Waals surface area contributed by atoms with Crippen molar-refractivity contribution in [3.63, 3.8) is 0 Å². The van der Waals surface area contributed by atoms with Gasteiger partial charge in [0.2, 0.25) is 18.2 Å². The summed E-state index contributed by atoms with van der Waals surface area (Å²) in [6, 6.07) is -0.247. The molecule has 0 spiro atoms. The van der Waals surface area contributed by atoms with E-state index in [1.54, 1.807) is 4.90 Å². The highest BCUT2D eigenvalue weighted by molar-refractivity contribution is 7.36. The monoisotopic (exact) mass is 301 g/mol. The second-order valence-corrected chi connectivity index (χ2v) is 6.25. The number of carbonyl (C=O) groups excluding carboxylic acids is 3. The summed E-state index contributed by atoms with van der Waals surface area (Å²) in [6.07, 6.45) is 4.10. The summed E-state index contributed by atoms with van der Waals surface area (Å²) in [6.45, 7) is 4.68. The predicted molar refractivity (Wildman–Crippen MR) is 80.1 cm³/mol. The maximum Gasteiger partial charge on any atom is 0.243 e. The molecule has 114 valence electrons. The lowest BCUT2D eigenvalue weighted by molar-refractivity contribution is -0.138. The van der Waals surface area contributed by atoms with E-state index in [1.165, 1.54) is 0 Å². The molecule has 3 amide bonds. The van der Waals surface area contributed by atoms with Crippen LogP contribution in [0.1, 0.15) is 26.2 Å². The molecule has 0 aromatic heterocycles. The van der Waals surface area contributed by atoms with Gasteiger partial charge < -0.3 is 15.5 Å². The molecule has 6 nitrogen and oxygen atoms in total. The third-order valence-corrected chi connectivity index (χ3v) is 4.22. The molecule has 1 saturated heterocycles. The Labute approximate surface area is 121 Å². The minimum atomic E-state index is -0.387. The number of hydrogen-bond acceptors (Lipinski definition) is 3. The summed E-state index contributed by atoms with van der Waals surface area (Å²) in [7, 11) is 0.888. The Kier molecular flexibility index (Phi) is 7.52. The first-order valence-corrected chi connectivity index (χ1v) is 8.72. The number of carbonyl (C=O) groups is 3. The number of nitrogens with one attached hydrogen (secondary N) is 2. The van der Waals surface area contributed by atoms with Crippen molar-refractivity contribution in [1.82, 2.24) is 15.5 Å². The molecule has 0 bridgehead atoms. The Balaban J connectivity index is 2.48. The Bertz CT molecular complexity index is 352. The van der Waals surface area contributed by atoms with Crippen LogP contribution in [0.2, 0.25) is 0 Å². The average molecular weight is 301 g/mol. The van der Waals surface area contributed by atoms with E-state index in [0.29, 0.717) is 19.4 Å². The third kappa shape index (κ3) is 5.08. The molecular formula is C13H24N3O3P. The van der Waals surface area contributed by atoms with Crippen LogP contribution in [0.25, 0.3) is 0 Å². The highest BCUT2D eigenvalue weighted by Gasteiger charge is 2.34. The fourth-order valence-corrected chi connectivity index (χ4v) is 3.06. The summed E-state index contributed by atoms with van der Waals surface area (Å²) in [5.41, 5.74) is 0. The largest absolute Gasteiger partial charge is 0.352 e. The maximum absolute atomic E-state index is 12.2. The molecule has 1 aliphatic rings. The van der Waals surface area contributed by atoms with E-state index in [-0.39, 0.29) is 30.4 Å². The van der Waals surface area contributed by atoms with Crippen molar-refractivity contribution in [2.45, 2.75) is 38.3 Å². The van der Waals surface area contributed by atoms with E-state index in [4.69, 9.17) is 0 Å². The quantitative estimate of drug-likeness (QED) is 0.486. The van der Waals surface area contributed by atoms with Crippen molar-refractivity contribution in [2.24, 2.45) is 0 Å². The van der Waals surface area contributed by atoms with Crippen LogP contribution in [0.15, 0.2) is 0 Å². The fraction of sp³-hybridized carbons (Fsp3) is 0.769. The molecule has 0 aliphatic carbocycles. The van der Waals surface area contributed by atoms with Gasteiger partial charge in [-0.2, -0.15) is 0 Å². The smallest absolute Gasteiger partial charge is 0.243 e. The van der Waals surface area contributed by atoms with Crippen molar-refractivity contribution in [3.8, 4) is 0 Å². The van der Waals surface area contributed by atoms with E-state index in [2.05, 4.69) is 17.3 Å². The molecule has 1 heterocycles. The zero-order valence-corrected chi connectivity index (χ0v) is 13.1. The molecule has 3 unspecified atom stereocenters. The number of rotatable bonds is 8. The van der Waals surface area contributed by atoms with Gasteiger partial charge in [0, 0.05) is 12.6 Å². The van der Waals surface area contributed by atoms with Gasteiger partial charge in [-0.05, 0) is 39.0 Å². The van der Waals surface area contributed by atoms with Crippen LogP contribution in [0, 0.1) is 0 Å². The standard InChI is InChI=1S/C13H24N3O3P/c1-10(5-7-20-2)15-13(19)11-4-3-6-16(11)12(18)8-14-9-17/h9-11,20H,3-8H2,1-2H3,(H,14,17)(H,15,19). The minimum Gasteiger partial charge on any atom is -0.352 e. The normalized spacial score (nSPS) is 20.1. The van der Waals surface area contributed by atoms with Crippen LogP contribution < -0.4 is 10.6 Å². The summed E-state index contributed by atoms with van der Waals surface area (Å²) >= 11 is 0. The summed E-state index contributed by atoms with van der Waals surface area (Å²) < 4.78 is 0.